The first-order valence-corrected chi connectivity index (χ1v) is 6.34. The Bertz CT molecular complexity index is 357. The average molecular weight is 285 g/mol. The largest absolute Gasteiger partial charge is 0.383 e. The molecule has 1 aromatic carbocycles. The van der Waals surface area contributed by atoms with Gasteiger partial charge in [-0.25, -0.2) is 0 Å². The summed E-state index contributed by atoms with van der Waals surface area (Å²) >= 11 is 3.64. The van der Waals surface area contributed by atoms with Crippen LogP contribution >= 0.6 is 15.9 Å². The Morgan fingerprint density at radius 1 is 1.50 bits per heavy atom. The van der Waals surface area contributed by atoms with Gasteiger partial charge >= 0.3 is 0 Å². The van der Waals surface area contributed by atoms with Crippen LogP contribution in [0.15, 0.2) is 22.7 Å². The highest BCUT2D eigenvalue weighted by atomic mass is 79.9. The fourth-order valence-corrected chi connectivity index (χ4v) is 2.69. The van der Waals surface area contributed by atoms with E-state index in [1.54, 1.807) is 7.11 Å². The molecule has 1 aliphatic rings. The van der Waals surface area contributed by atoms with Crippen molar-refractivity contribution in [3.8, 4) is 0 Å². The summed E-state index contributed by atoms with van der Waals surface area (Å²) in [6.45, 7) is 4.69. The van der Waals surface area contributed by atoms with Gasteiger partial charge in [-0.15, -0.1) is 0 Å². The van der Waals surface area contributed by atoms with Crippen molar-refractivity contribution in [2.75, 3.05) is 38.3 Å². The van der Waals surface area contributed by atoms with Gasteiger partial charge < -0.3 is 15.0 Å². The summed E-state index contributed by atoms with van der Waals surface area (Å²) in [6.07, 6.45) is 0. The molecule has 3 nitrogen and oxygen atoms in total. The van der Waals surface area contributed by atoms with Crippen molar-refractivity contribution >= 4 is 21.6 Å². The summed E-state index contributed by atoms with van der Waals surface area (Å²) in [6, 6.07) is 6.37. The highest BCUT2D eigenvalue weighted by Crippen LogP contribution is 2.31. The Labute approximate surface area is 105 Å². The lowest BCUT2D eigenvalue weighted by molar-refractivity contribution is 0.205. The van der Waals surface area contributed by atoms with Crippen molar-refractivity contribution in [1.29, 1.82) is 0 Å². The lowest BCUT2D eigenvalue weighted by atomic mass is 10.1. The molecule has 1 aromatic rings. The highest BCUT2D eigenvalue weighted by Gasteiger charge is 2.16. The molecule has 16 heavy (non-hydrogen) atoms. The molecule has 0 aliphatic carbocycles. The summed E-state index contributed by atoms with van der Waals surface area (Å²) in [4.78, 5) is 2.38. The zero-order valence-corrected chi connectivity index (χ0v) is 11.1. The molecular formula is C12H17BrN2O. The summed E-state index contributed by atoms with van der Waals surface area (Å²) < 4.78 is 6.33. The second-order valence-corrected chi connectivity index (χ2v) is 4.76. The standard InChI is InChI=1S/C12H17BrN2O/c1-16-8-7-15-6-5-14-9-10-3-2-4-11(13)12(10)15/h2-4,14H,5-9H2,1H3. The monoisotopic (exact) mass is 284 g/mol. The molecular weight excluding hydrogens is 268 g/mol. The number of hydrogen-bond donors (Lipinski definition) is 1. The minimum Gasteiger partial charge on any atom is -0.383 e. The molecule has 0 aromatic heterocycles. The molecule has 0 saturated carbocycles. The van der Waals surface area contributed by atoms with Gasteiger partial charge in [0, 0.05) is 37.8 Å². The molecule has 1 heterocycles. The molecule has 88 valence electrons. The van der Waals surface area contributed by atoms with Crippen LogP contribution in [0.25, 0.3) is 0 Å². The van der Waals surface area contributed by atoms with Gasteiger partial charge in [-0.2, -0.15) is 0 Å². The number of benzene rings is 1. The van der Waals surface area contributed by atoms with Crippen LogP contribution in [-0.4, -0.2) is 33.4 Å². The third kappa shape index (κ3) is 2.56. The smallest absolute Gasteiger partial charge is 0.0637 e. The van der Waals surface area contributed by atoms with E-state index in [2.05, 4.69) is 44.3 Å². The molecule has 0 bridgehead atoms. The SMILES string of the molecule is COCCN1CCNCc2cccc(Br)c21. The van der Waals surface area contributed by atoms with E-state index in [1.165, 1.54) is 15.7 Å². The number of nitrogens with zero attached hydrogens (tertiary/aromatic N) is 1. The van der Waals surface area contributed by atoms with Gasteiger partial charge in [-0.05, 0) is 27.6 Å². The van der Waals surface area contributed by atoms with Gasteiger partial charge in [0.15, 0.2) is 0 Å². The number of fused-ring (bicyclic) bond motifs is 1. The first-order valence-electron chi connectivity index (χ1n) is 5.55. The van der Waals surface area contributed by atoms with Gasteiger partial charge in [-0.3, -0.25) is 0 Å². The lowest BCUT2D eigenvalue weighted by Gasteiger charge is -2.25. The average Bonchev–Trinajstić information content (AvgIpc) is 2.49. The summed E-state index contributed by atoms with van der Waals surface area (Å²) in [5.41, 5.74) is 2.66. The molecule has 0 radical (unpaired) electrons. The van der Waals surface area contributed by atoms with E-state index in [4.69, 9.17) is 4.74 Å². The summed E-state index contributed by atoms with van der Waals surface area (Å²) in [5, 5.41) is 3.43. The number of rotatable bonds is 3. The number of hydrogen-bond acceptors (Lipinski definition) is 3. The minimum atomic E-state index is 0.765. The maximum atomic E-state index is 5.16. The van der Waals surface area contributed by atoms with Crippen molar-refractivity contribution in [1.82, 2.24) is 5.32 Å². The molecule has 0 fully saturated rings. The predicted molar refractivity (Wildman–Crippen MR) is 69.9 cm³/mol. The number of halogens is 1. The Kier molecular flexibility index (Phi) is 4.21. The van der Waals surface area contributed by atoms with Crippen LogP contribution < -0.4 is 10.2 Å². The zero-order valence-electron chi connectivity index (χ0n) is 9.50. The maximum absolute atomic E-state index is 5.16. The minimum absolute atomic E-state index is 0.765. The Morgan fingerprint density at radius 3 is 3.19 bits per heavy atom. The van der Waals surface area contributed by atoms with Gasteiger partial charge in [0.05, 0.1) is 12.3 Å². The van der Waals surface area contributed by atoms with Crippen LogP contribution in [0.3, 0.4) is 0 Å². The fourth-order valence-electron chi connectivity index (χ4n) is 2.03. The normalized spacial score (nSPS) is 15.8. The van der Waals surface area contributed by atoms with Gasteiger partial charge in [0.25, 0.3) is 0 Å². The van der Waals surface area contributed by atoms with E-state index in [1.807, 2.05) is 0 Å². The number of ether oxygens (including phenoxy) is 1. The van der Waals surface area contributed by atoms with E-state index < -0.39 is 0 Å². The first-order chi connectivity index (χ1) is 7.83. The van der Waals surface area contributed by atoms with Crippen LogP contribution in [-0.2, 0) is 11.3 Å². The van der Waals surface area contributed by atoms with Crippen LogP contribution in [0.1, 0.15) is 5.56 Å². The maximum Gasteiger partial charge on any atom is 0.0637 e. The van der Waals surface area contributed by atoms with Gasteiger partial charge in [0.2, 0.25) is 0 Å². The zero-order chi connectivity index (χ0) is 11.4. The van der Waals surface area contributed by atoms with Crippen molar-refractivity contribution in [2.24, 2.45) is 0 Å². The van der Waals surface area contributed by atoms with Crippen molar-refractivity contribution < 1.29 is 4.74 Å². The molecule has 0 atom stereocenters. The number of nitrogens with one attached hydrogen (secondary N) is 1. The number of para-hydroxylation sites is 1. The van der Waals surface area contributed by atoms with Crippen LogP contribution in [0.2, 0.25) is 0 Å². The Morgan fingerprint density at radius 2 is 2.38 bits per heavy atom. The highest BCUT2D eigenvalue weighted by molar-refractivity contribution is 9.10. The Balaban J connectivity index is 2.27. The lowest BCUT2D eigenvalue weighted by Crippen LogP contribution is -2.31. The van der Waals surface area contributed by atoms with Crippen LogP contribution in [0.5, 0.6) is 0 Å². The van der Waals surface area contributed by atoms with Crippen molar-refractivity contribution in [3.63, 3.8) is 0 Å². The quantitative estimate of drug-likeness (QED) is 0.919. The third-order valence-corrected chi connectivity index (χ3v) is 3.47. The van der Waals surface area contributed by atoms with E-state index in [9.17, 15) is 0 Å². The molecule has 0 amide bonds. The molecule has 1 aliphatic heterocycles. The molecule has 1 N–H and O–H groups in total. The summed E-state index contributed by atoms with van der Waals surface area (Å²) in [5.74, 6) is 0. The second-order valence-electron chi connectivity index (χ2n) is 3.90. The molecule has 0 spiro atoms. The van der Waals surface area contributed by atoms with Crippen LogP contribution in [0, 0.1) is 0 Å². The topological polar surface area (TPSA) is 24.5 Å². The van der Waals surface area contributed by atoms with E-state index in [0.717, 1.165) is 32.8 Å². The second kappa shape index (κ2) is 5.66. The molecule has 0 saturated heterocycles. The molecule has 2 rings (SSSR count). The van der Waals surface area contributed by atoms with E-state index in [0.29, 0.717) is 0 Å². The van der Waals surface area contributed by atoms with E-state index in [-0.39, 0.29) is 0 Å². The van der Waals surface area contributed by atoms with Gasteiger partial charge in [0.1, 0.15) is 0 Å². The number of anilines is 1. The van der Waals surface area contributed by atoms with Crippen LogP contribution in [0.4, 0.5) is 5.69 Å². The first kappa shape index (κ1) is 11.9. The van der Waals surface area contributed by atoms with E-state index >= 15 is 0 Å². The Hall–Kier alpha value is -0.580. The predicted octanol–water partition coefficient (Wildman–Crippen LogP) is 2.01. The molecule has 4 heteroatoms. The third-order valence-electron chi connectivity index (χ3n) is 2.83. The van der Waals surface area contributed by atoms with Gasteiger partial charge in [-0.1, -0.05) is 12.1 Å². The fraction of sp³-hybridized carbons (Fsp3) is 0.500. The molecule has 0 unspecified atom stereocenters. The van der Waals surface area contributed by atoms with Crippen molar-refractivity contribution in [2.45, 2.75) is 6.54 Å². The number of methoxy groups -OCH3 is 1. The summed E-state index contributed by atoms with van der Waals surface area (Å²) in [7, 11) is 1.75. The van der Waals surface area contributed by atoms with Crippen molar-refractivity contribution in [3.05, 3.63) is 28.2 Å².